The lowest BCUT2D eigenvalue weighted by Crippen LogP contribution is -2.45. The number of allylic oxidation sites excluding steroid dienone is 1. The van der Waals surface area contributed by atoms with Crippen LogP contribution in [0.3, 0.4) is 0 Å². The molecule has 0 unspecified atom stereocenters. The third-order valence-corrected chi connectivity index (χ3v) is 6.95. The van der Waals surface area contributed by atoms with Crippen LogP contribution in [-0.2, 0) is 19.1 Å². The molecule has 2 N–H and O–H groups in total. The fourth-order valence-electron chi connectivity index (χ4n) is 5.29. The van der Waals surface area contributed by atoms with E-state index in [2.05, 4.69) is 5.32 Å². The summed E-state index contributed by atoms with van der Waals surface area (Å²) in [6.45, 7) is 8.26. The standard InChI is InChI=1S/C26H36N2O5/c1-5-18-12-13-19-21(20(18)26(32)33-6-2)25(31)28(14-7-8-15-29)23(19)24(30)27-22-16(3)10-9-11-17(22)4/h9-13,18-21,23,29H,5-8,14-15H2,1-4H3,(H,27,30)/t18-,19+,20-,21-,23+/m1/s1. The molecule has 0 spiro atoms. The predicted molar refractivity (Wildman–Crippen MR) is 126 cm³/mol. The maximum Gasteiger partial charge on any atom is 0.310 e. The molecule has 1 aliphatic carbocycles. The summed E-state index contributed by atoms with van der Waals surface area (Å²) < 4.78 is 5.35. The molecule has 1 fully saturated rings. The number of nitrogens with zero attached hydrogens (tertiary/aromatic N) is 1. The average Bonchev–Trinajstić information content (AvgIpc) is 3.07. The van der Waals surface area contributed by atoms with Crippen molar-refractivity contribution in [3.63, 3.8) is 0 Å². The summed E-state index contributed by atoms with van der Waals surface area (Å²) >= 11 is 0. The summed E-state index contributed by atoms with van der Waals surface area (Å²) in [6, 6.07) is 5.10. The molecule has 180 valence electrons. The maximum atomic E-state index is 13.7. The van der Waals surface area contributed by atoms with Crippen LogP contribution in [0.1, 0.15) is 44.2 Å². The topological polar surface area (TPSA) is 95.9 Å². The van der Waals surface area contributed by atoms with Crippen molar-refractivity contribution in [1.29, 1.82) is 0 Å². The Balaban J connectivity index is 1.98. The lowest BCUT2D eigenvalue weighted by molar-refractivity contribution is -0.155. The Morgan fingerprint density at radius 1 is 1.12 bits per heavy atom. The number of rotatable bonds is 9. The van der Waals surface area contributed by atoms with Crippen LogP contribution < -0.4 is 5.32 Å². The molecule has 2 aliphatic rings. The number of aliphatic hydroxyl groups is 1. The molecule has 0 radical (unpaired) electrons. The molecule has 5 atom stereocenters. The summed E-state index contributed by atoms with van der Waals surface area (Å²) in [4.78, 5) is 41.8. The first kappa shape index (κ1) is 25.0. The minimum Gasteiger partial charge on any atom is -0.466 e. The van der Waals surface area contributed by atoms with Gasteiger partial charge in [-0.05, 0) is 57.1 Å². The summed E-state index contributed by atoms with van der Waals surface area (Å²) in [6.07, 6.45) is 5.76. The molecule has 1 heterocycles. The number of hydrogen-bond donors (Lipinski definition) is 2. The van der Waals surface area contributed by atoms with Gasteiger partial charge in [0.05, 0.1) is 18.4 Å². The van der Waals surface area contributed by atoms with E-state index in [4.69, 9.17) is 4.74 Å². The van der Waals surface area contributed by atoms with Crippen LogP contribution in [-0.4, -0.2) is 53.6 Å². The molecule has 7 heteroatoms. The molecule has 33 heavy (non-hydrogen) atoms. The molecule has 0 aromatic heterocycles. The Hall–Kier alpha value is -2.67. The van der Waals surface area contributed by atoms with Gasteiger partial charge in [0, 0.05) is 24.8 Å². The number of para-hydroxylation sites is 1. The number of ether oxygens (including phenoxy) is 1. The van der Waals surface area contributed by atoms with Crippen LogP contribution in [0.5, 0.6) is 0 Å². The van der Waals surface area contributed by atoms with Crippen LogP contribution in [0.4, 0.5) is 5.69 Å². The van der Waals surface area contributed by atoms with Crippen molar-refractivity contribution in [3.05, 3.63) is 41.5 Å². The fraction of sp³-hybridized carbons (Fsp3) is 0.577. The number of hydrogen-bond acceptors (Lipinski definition) is 5. The van der Waals surface area contributed by atoms with Crippen molar-refractivity contribution in [2.75, 3.05) is 25.1 Å². The highest BCUT2D eigenvalue weighted by molar-refractivity contribution is 6.02. The summed E-state index contributed by atoms with van der Waals surface area (Å²) in [5.41, 5.74) is 2.65. The van der Waals surface area contributed by atoms with Gasteiger partial charge in [-0.15, -0.1) is 0 Å². The van der Waals surface area contributed by atoms with Gasteiger partial charge < -0.3 is 20.1 Å². The van der Waals surface area contributed by atoms with Crippen LogP contribution >= 0.6 is 0 Å². The number of benzene rings is 1. The van der Waals surface area contributed by atoms with Crippen LogP contribution in [0.25, 0.3) is 0 Å². The Labute approximate surface area is 196 Å². The third kappa shape index (κ3) is 4.98. The van der Waals surface area contributed by atoms with Gasteiger partial charge >= 0.3 is 5.97 Å². The van der Waals surface area contributed by atoms with Gasteiger partial charge in [-0.1, -0.05) is 37.3 Å². The number of anilines is 1. The highest BCUT2D eigenvalue weighted by Gasteiger charge is 2.57. The van der Waals surface area contributed by atoms with E-state index < -0.39 is 23.8 Å². The third-order valence-electron chi connectivity index (χ3n) is 6.95. The normalized spacial score (nSPS) is 26.3. The minimum absolute atomic E-state index is 0.0252. The van der Waals surface area contributed by atoms with Gasteiger partial charge in [0.25, 0.3) is 0 Å². The van der Waals surface area contributed by atoms with Crippen LogP contribution in [0.15, 0.2) is 30.4 Å². The van der Waals surface area contributed by atoms with Crippen LogP contribution in [0.2, 0.25) is 0 Å². The van der Waals surface area contributed by atoms with E-state index in [1.165, 1.54) is 0 Å². The zero-order valence-electron chi connectivity index (χ0n) is 20.0. The molecule has 1 aromatic rings. The molecule has 0 saturated carbocycles. The Morgan fingerprint density at radius 3 is 2.42 bits per heavy atom. The molecule has 2 amide bonds. The number of amides is 2. The van der Waals surface area contributed by atoms with Gasteiger partial charge in [0.2, 0.25) is 11.8 Å². The number of nitrogens with one attached hydrogen (secondary N) is 1. The Morgan fingerprint density at radius 2 is 1.82 bits per heavy atom. The lowest BCUT2D eigenvalue weighted by atomic mass is 9.69. The molecular formula is C26H36N2O5. The molecule has 1 aliphatic heterocycles. The fourth-order valence-corrected chi connectivity index (χ4v) is 5.29. The quantitative estimate of drug-likeness (QED) is 0.338. The molecular weight excluding hydrogens is 420 g/mol. The number of aryl methyl sites for hydroxylation is 2. The molecule has 0 bridgehead atoms. The maximum absolute atomic E-state index is 13.7. The second kappa shape index (κ2) is 11.0. The van der Waals surface area contributed by atoms with Crippen molar-refractivity contribution in [3.8, 4) is 0 Å². The zero-order chi connectivity index (χ0) is 24.1. The smallest absolute Gasteiger partial charge is 0.310 e. The van der Waals surface area contributed by atoms with Gasteiger partial charge in [-0.3, -0.25) is 14.4 Å². The number of unbranched alkanes of at least 4 members (excludes halogenated alkanes) is 1. The number of aliphatic hydroxyl groups excluding tert-OH is 1. The first-order valence-electron chi connectivity index (χ1n) is 12.0. The summed E-state index contributed by atoms with van der Waals surface area (Å²) in [7, 11) is 0. The van der Waals surface area contributed by atoms with Crippen molar-refractivity contribution in [1.82, 2.24) is 4.90 Å². The highest BCUT2D eigenvalue weighted by Crippen LogP contribution is 2.45. The van der Waals surface area contributed by atoms with E-state index >= 15 is 0 Å². The van der Waals surface area contributed by atoms with Gasteiger partial charge in [0.15, 0.2) is 0 Å². The first-order chi connectivity index (χ1) is 15.8. The summed E-state index contributed by atoms with van der Waals surface area (Å²) in [5.74, 6) is -2.54. The first-order valence-corrected chi connectivity index (χ1v) is 12.0. The molecule has 1 saturated heterocycles. The van der Waals surface area contributed by atoms with Gasteiger partial charge in [-0.25, -0.2) is 0 Å². The molecule has 1 aromatic carbocycles. The van der Waals surface area contributed by atoms with Crippen molar-refractivity contribution in [2.24, 2.45) is 23.7 Å². The summed E-state index contributed by atoms with van der Waals surface area (Å²) in [5, 5.41) is 12.3. The second-order valence-electron chi connectivity index (χ2n) is 9.00. The van der Waals surface area contributed by atoms with Crippen LogP contribution in [0, 0.1) is 37.5 Å². The number of carbonyl (C=O) groups excluding carboxylic acids is 3. The van der Waals surface area contributed by atoms with Crippen molar-refractivity contribution < 1.29 is 24.2 Å². The van der Waals surface area contributed by atoms with E-state index in [1.54, 1.807) is 11.8 Å². The van der Waals surface area contributed by atoms with Gasteiger partial charge in [-0.2, -0.15) is 0 Å². The SMILES string of the molecule is CCOC(=O)[C@H]1[C@@H]2C(=O)N(CCCCO)[C@H](C(=O)Nc3c(C)cccc3C)[C@H]2C=C[C@H]1CC. The van der Waals surface area contributed by atoms with E-state index in [1.807, 2.05) is 51.1 Å². The Bertz CT molecular complexity index is 892. The number of fused-ring (bicyclic) bond motifs is 1. The Kier molecular flexibility index (Phi) is 8.30. The van der Waals surface area contributed by atoms with E-state index in [0.717, 1.165) is 16.8 Å². The van der Waals surface area contributed by atoms with E-state index in [0.29, 0.717) is 25.8 Å². The number of carbonyl (C=O) groups is 3. The van der Waals surface area contributed by atoms with Gasteiger partial charge in [0.1, 0.15) is 6.04 Å². The highest BCUT2D eigenvalue weighted by atomic mass is 16.5. The minimum atomic E-state index is -0.716. The number of esters is 1. The monoisotopic (exact) mass is 456 g/mol. The molecule has 7 nitrogen and oxygen atoms in total. The van der Waals surface area contributed by atoms with Crippen molar-refractivity contribution in [2.45, 2.75) is 53.0 Å². The largest absolute Gasteiger partial charge is 0.466 e. The molecule has 3 rings (SSSR count). The number of likely N-dealkylation sites (tertiary alicyclic amines) is 1. The average molecular weight is 457 g/mol. The van der Waals surface area contributed by atoms with E-state index in [9.17, 15) is 19.5 Å². The second-order valence-corrected chi connectivity index (χ2v) is 9.00. The predicted octanol–water partition coefficient (Wildman–Crippen LogP) is 3.23. The van der Waals surface area contributed by atoms with E-state index in [-0.39, 0.29) is 36.9 Å². The zero-order valence-corrected chi connectivity index (χ0v) is 20.0. The van der Waals surface area contributed by atoms with Crippen molar-refractivity contribution >= 4 is 23.5 Å². The lowest BCUT2D eigenvalue weighted by Gasteiger charge is -2.33.